The Morgan fingerprint density at radius 2 is 1.73 bits per heavy atom. The zero-order valence-corrected chi connectivity index (χ0v) is 10.1. The zero-order chi connectivity index (χ0) is 11.4. The van der Waals surface area contributed by atoms with Crippen LogP contribution in [0.15, 0.2) is 12.2 Å². The standard InChI is InChI=1S/C13H24O2/c1-3-4-5-6-7-8-9-10-11-12-15-13(2)14/h6-7H,3-5,8-12H2,1-2H3. The van der Waals surface area contributed by atoms with Crippen molar-refractivity contribution in [2.75, 3.05) is 6.61 Å². The molecule has 0 N–H and O–H groups in total. The van der Waals surface area contributed by atoms with Crippen LogP contribution in [0.25, 0.3) is 0 Å². The van der Waals surface area contributed by atoms with E-state index in [1.165, 1.54) is 32.6 Å². The number of allylic oxidation sites excluding steroid dienone is 2. The average Bonchev–Trinajstić information content (AvgIpc) is 2.20. The van der Waals surface area contributed by atoms with E-state index in [1.54, 1.807) is 0 Å². The molecule has 0 radical (unpaired) electrons. The number of esters is 1. The van der Waals surface area contributed by atoms with Gasteiger partial charge in [0.25, 0.3) is 0 Å². The van der Waals surface area contributed by atoms with E-state index < -0.39 is 0 Å². The maximum Gasteiger partial charge on any atom is 0.302 e. The maximum atomic E-state index is 10.4. The summed E-state index contributed by atoms with van der Waals surface area (Å²) in [5.41, 5.74) is 0. The van der Waals surface area contributed by atoms with Gasteiger partial charge in [0.15, 0.2) is 0 Å². The molecule has 0 aliphatic heterocycles. The SMILES string of the molecule is CCCCC=CCCCCCOC(C)=O. The molecule has 0 saturated carbocycles. The Labute approximate surface area is 93.7 Å². The molecule has 0 rings (SSSR count). The van der Waals surface area contributed by atoms with E-state index in [0.29, 0.717) is 6.61 Å². The minimum absolute atomic E-state index is 0.172. The molecule has 0 aromatic rings. The predicted octanol–water partition coefficient (Wildman–Crippen LogP) is 3.86. The first kappa shape index (κ1) is 14.2. The minimum Gasteiger partial charge on any atom is -0.466 e. The highest BCUT2D eigenvalue weighted by Crippen LogP contribution is 2.03. The van der Waals surface area contributed by atoms with Crippen LogP contribution in [0.4, 0.5) is 0 Å². The van der Waals surface area contributed by atoms with Crippen molar-refractivity contribution in [3.63, 3.8) is 0 Å². The van der Waals surface area contributed by atoms with Gasteiger partial charge in [-0.15, -0.1) is 0 Å². The third-order valence-corrected chi connectivity index (χ3v) is 2.21. The molecule has 0 aliphatic carbocycles. The summed E-state index contributed by atoms with van der Waals surface area (Å²) in [5.74, 6) is -0.172. The Hall–Kier alpha value is -0.790. The number of hydrogen-bond donors (Lipinski definition) is 0. The smallest absolute Gasteiger partial charge is 0.302 e. The van der Waals surface area contributed by atoms with Gasteiger partial charge in [0, 0.05) is 6.92 Å². The van der Waals surface area contributed by atoms with Gasteiger partial charge in [-0.3, -0.25) is 4.79 Å². The highest BCUT2D eigenvalue weighted by molar-refractivity contribution is 5.65. The molecule has 0 amide bonds. The Bertz CT molecular complexity index is 173. The Balaban J connectivity index is 3.04. The van der Waals surface area contributed by atoms with Gasteiger partial charge < -0.3 is 4.74 Å². The van der Waals surface area contributed by atoms with Crippen LogP contribution >= 0.6 is 0 Å². The molecule has 0 heterocycles. The molecule has 2 heteroatoms. The lowest BCUT2D eigenvalue weighted by molar-refractivity contribution is -0.141. The second-order valence-corrected chi connectivity index (χ2v) is 3.80. The van der Waals surface area contributed by atoms with E-state index in [-0.39, 0.29) is 5.97 Å². The van der Waals surface area contributed by atoms with Gasteiger partial charge in [-0.05, 0) is 32.1 Å². The topological polar surface area (TPSA) is 26.3 Å². The van der Waals surface area contributed by atoms with Crippen LogP contribution in [0, 0.1) is 0 Å². The summed E-state index contributed by atoms with van der Waals surface area (Å²) in [6.45, 7) is 4.24. The van der Waals surface area contributed by atoms with E-state index in [9.17, 15) is 4.79 Å². The molecule has 0 aliphatic rings. The molecule has 0 fully saturated rings. The molecule has 0 unspecified atom stereocenters. The third kappa shape index (κ3) is 13.2. The summed E-state index contributed by atoms with van der Waals surface area (Å²) < 4.78 is 4.84. The Kier molecular flexibility index (Phi) is 10.7. The van der Waals surface area contributed by atoms with Crippen LogP contribution < -0.4 is 0 Å². The van der Waals surface area contributed by atoms with Gasteiger partial charge in [-0.1, -0.05) is 31.9 Å². The average molecular weight is 212 g/mol. The van der Waals surface area contributed by atoms with Gasteiger partial charge in [0.2, 0.25) is 0 Å². The van der Waals surface area contributed by atoms with Crippen LogP contribution in [0.2, 0.25) is 0 Å². The largest absolute Gasteiger partial charge is 0.466 e. The summed E-state index contributed by atoms with van der Waals surface area (Å²) >= 11 is 0. The number of ether oxygens (including phenoxy) is 1. The summed E-state index contributed by atoms with van der Waals surface area (Å²) in [7, 11) is 0. The van der Waals surface area contributed by atoms with Crippen LogP contribution in [-0.4, -0.2) is 12.6 Å². The number of carbonyl (C=O) groups is 1. The van der Waals surface area contributed by atoms with Crippen molar-refractivity contribution in [1.29, 1.82) is 0 Å². The Morgan fingerprint density at radius 1 is 1.07 bits per heavy atom. The van der Waals surface area contributed by atoms with Gasteiger partial charge in [0.05, 0.1) is 6.61 Å². The molecule has 0 aromatic carbocycles. The van der Waals surface area contributed by atoms with Crippen LogP contribution in [0.5, 0.6) is 0 Å². The molecule has 0 aromatic heterocycles. The molecular formula is C13H24O2. The van der Waals surface area contributed by atoms with E-state index in [4.69, 9.17) is 4.74 Å². The van der Waals surface area contributed by atoms with Crippen molar-refractivity contribution in [2.45, 2.75) is 58.8 Å². The second-order valence-electron chi connectivity index (χ2n) is 3.80. The number of rotatable bonds is 9. The Morgan fingerprint density at radius 3 is 2.33 bits per heavy atom. The third-order valence-electron chi connectivity index (χ3n) is 2.21. The van der Waals surface area contributed by atoms with Crippen molar-refractivity contribution >= 4 is 5.97 Å². The predicted molar refractivity (Wildman–Crippen MR) is 63.8 cm³/mol. The fraction of sp³-hybridized carbons (Fsp3) is 0.769. The molecule has 0 spiro atoms. The monoisotopic (exact) mass is 212 g/mol. The highest BCUT2D eigenvalue weighted by Gasteiger charge is 1.92. The fourth-order valence-corrected chi connectivity index (χ4v) is 1.31. The van der Waals surface area contributed by atoms with Gasteiger partial charge in [-0.2, -0.15) is 0 Å². The summed E-state index contributed by atoms with van der Waals surface area (Å²) in [5, 5.41) is 0. The van der Waals surface area contributed by atoms with Gasteiger partial charge in [-0.25, -0.2) is 0 Å². The highest BCUT2D eigenvalue weighted by atomic mass is 16.5. The number of unbranched alkanes of at least 4 members (excludes halogenated alkanes) is 5. The van der Waals surface area contributed by atoms with E-state index in [0.717, 1.165) is 19.3 Å². The van der Waals surface area contributed by atoms with Gasteiger partial charge in [0.1, 0.15) is 0 Å². The first-order chi connectivity index (χ1) is 7.27. The first-order valence-electron chi connectivity index (χ1n) is 6.05. The quantitative estimate of drug-likeness (QED) is 0.329. The summed E-state index contributed by atoms with van der Waals surface area (Å²) in [6.07, 6.45) is 12.8. The van der Waals surface area contributed by atoms with Gasteiger partial charge >= 0.3 is 5.97 Å². The van der Waals surface area contributed by atoms with E-state index in [1.807, 2.05) is 0 Å². The van der Waals surface area contributed by atoms with Crippen molar-refractivity contribution in [2.24, 2.45) is 0 Å². The lowest BCUT2D eigenvalue weighted by Gasteiger charge is -2.00. The van der Waals surface area contributed by atoms with E-state index >= 15 is 0 Å². The normalized spacial score (nSPS) is 10.8. The first-order valence-corrected chi connectivity index (χ1v) is 6.05. The second kappa shape index (κ2) is 11.3. The van der Waals surface area contributed by atoms with E-state index in [2.05, 4.69) is 19.1 Å². The van der Waals surface area contributed by atoms with Crippen LogP contribution in [0.3, 0.4) is 0 Å². The van der Waals surface area contributed by atoms with Crippen LogP contribution in [0.1, 0.15) is 58.8 Å². The molecule has 15 heavy (non-hydrogen) atoms. The molecule has 88 valence electrons. The molecule has 0 atom stereocenters. The number of carbonyl (C=O) groups excluding carboxylic acids is 1. The zero-order valence-electron chi connectivity index (χ0n) is 10.1. The maximum absolute atomic E-state index is 10.4. The van der Waals surface area contributed by atoms with Crippen LogP contribution in [-0.2, 0) is 9.53 Å². The van der Waals surface area contributed by atoms with Crippen molar-refractivity contribution < 1.29 is 9.53 Å². The van der Waals surface area contributed by atoms with Crippen molar-refractivity contribution in [1.82, 2.24) is 0 Å². The molecule has 0 bridgehead atoms. The van der Waals surface area contributed by atoms with Crippen molar-refractivity contribution in [3.8, 4) is 0 Å². The summed E-state index contributed by atoms with van der Waals surface area (Å²) in [4.78, 5) is 10.4. The molecule has 2 nitrogen and oxygen atoms in total. The molecular weight excluding hydrogens is 188 g/mol. The lowest BCUT2D eigenvalue weighted by atomic mass is 10.1. The summed E-state index contributed by atoms with van der Waals surface area (Å²) in [6, 6.07) is 0. The molecule has 0 saturated heterocycles. The fourth-order valence-electron chi connectivity index (χ4n) is 1.31. The van der Waals surface area contributed by atoms with Crippen molar-refractivity contribution in [3.05, 3.63) is 12.2 Å². The number of hydrogen-bond acceptors (Lipinski definition) is 2. The minimum atomic E-state index is -0.172. The lowest BCUT2D eigenvalue weighted by Crippen LogP contribution is -1.99.